The van der Waals surface area contributed by atoms with Gasteiger partial charge in [-0.3, -0.25) is 4.79 Å². The number of fused-ring (bicyclic) bond motifs is 1. The summed E-state index contributed by atoms with van der Waals surface area (Å²) in [6.45, 7) is 8.17. The number of ether oxygens (including phenoxy) is 2. The van der Waals surface area contributed by atoms with Gasteiger partial charge in [-0.15, -0.1) is 0 Å². The van der Waals surface area contributed by atoms with Gasteiger partial charge in [-0.05, 0) is 55.5 Å². The van der Waals surface area contributed by atoms with Gasteiger partial charge >= 0.3 is 18.0 Å². The molecule has 1 aliphatic heterocycles. The zero-order valence-electron chi connectivity index (χ0n) is 20.6. The summed E-state index contributed by atoms with van der Waals surface area (Å²) in [5.74, 6) is -0.678. The van der Waals surface area contributed by atoms with Crippen molar-refractivity contribution in [1.29, 1.82) is 0 Å². The molecule has 9 nitrogen and oxygen atoms in total. The lowest BCUT2D eigenvalue weighted by atomic mass is 9.83. The van der Waals surface area contributed by atoms with E-state index in [0.717, 1.165) is 29.9 Å². The second-order valence-corrected chi connectivity index (χ2v) is 8.28. The van der Waals surface area contributed by atoms with Gasteiger partial charge in [-0.1, -0.05) is 25.1 Å². The molecule has 0 aromatic heterocycles. The number of carbonyl (C=O) groups excluding carboxylic acids is 3. The Hall–Kier alpha value is -3.59. The first-order valence-electron chi connectivity index (χ1n) is 11.9. The lowest BCUT2D eigenvalue weighted by Gasteiger charge is -2.31. The summed E-state index contributed by atoms with van der Waals surface area (Å²) in [6, 6.07) is 12.7. The van der Waals surface area contributed by atoms with Gasteiger partial charge < -0.3 is 24.5 Å². The van der Waals surface area contributed by atoms with Crippen LogP contribution in [0.15, 0.2) is 42.5 Å². The molecule has 9 heteroatoms. The fourth-order valence-corrected chi connectivity index (χ4v) is 4.21. The molecule has 1 heterocycles. The van der Waals surface area contributed by atoms with Gasteiger partial charge in [-0.25, -0.2) is 9.59 Å². The Bertz CT molecular complexity index is 1050. The molecule has 188 valence electrons. The third-order valence-electron chi connectivity index (χ3n) is 6.19. The zero-order chi connectivity index (χ0) is 25.4. The average molecular weight is 484 g/mol. The molecule has 0 radical (unpaired) electrons. The highest BCUT2D eigenvalue weighted by molar-refractivity contribution is 5.89. The van der Waals surface area contributed by atoms with Crippen LogP contribution in [0.25, 0.3) is 0 Å². The summed E-state index contributed by atoms with van der Waals surface area (Å²) in [4.78, 5) is 43.6. The number of nitrogens with zero attached hydrogens (tertiary/aromatic N) is 1. The molecule has 0 bridgehead atoms. The van der Waals surface area contributed by atoms with E-state index in [-0.39, 0.29) is 25.0 Å². The van der Waals surface area contributed by atoms with Crippen molar-refractivity contribution in [1.82, 2.24) is 10.8 Å². The molecule has 0 aliphatic carbocycles. The SMILES string of the molecule is CCN(CC)c1ccc2c(c1)OC(=O)C(CCOC(=O)NCc1cccc(C(=O)ONC)c1)C2C. The Labute approximate surface area is 205 Å². The van der Waals surface area contributed by atoms with Gasteiger partial charge in [0.25, 0.3) is 0 Å². The normalized spacial score (nSPS) is 16.6. The summed E-state index contributed by atoms with van der Waals surface area (Å²) in [6.07, 6.45) is -0.245. The maximum absolute atomic E-state index is 12.7. The Morgan fingerprint density at radius 3 is 2.60 bits per heavy atom. The lowest BCUT2D eigenvalue weighted by Crippen LogP contribution is -2.32. The molecule has 0 fully saturated rings. The van der Waals surface area contributed by atoms with E-state index in [9.17, 15) is 14.4 Å². The molecular weight excluding hydrogens is 450 g/mol. The van der Waals surface area contributed by atoms with E-state index < -0.39 is 18.0 Å². The van der Waals surface area contributed by atoms with E-state index in [4.69, 9.17) is 14.3 Å². The molecule has 0 spiro atoms. The summed E-state index contributed by atoms with van der Waals surface area (Å²) in [7, 11) is 1.50. The number of rotatable bonds is 10. The number of carbonyl (C=O) groups is 3. The maximum atomic E-state index is 12.7. The van der Waals surface area contributed by atoms with Crippen LogP contribution < -0.4 is 20.4 Å². The predicted molar refractivity (Wildman–Crippen MR) is 131 cm³/mol. The lowest BCUT2D eigenvalue weighted by molar-refractivity contribution is -0.141. The predicted octanol–water partition coefficient (Wildman–Crippen LogP) is 3.78. The fourth-order valence-electron chi connectivity index (χ4n) is 4.21. The largest absolute Gasteiger partial charge is 0.450 e. The number of hydroxylamine groups is 1. The highest BCUT2D eigenvalue weighted by Gasteiger charge is 2.35. The summed E-state index contributed by atoms with van der Waals surface area (Å²) in [5, 5.41) is 2.65. The third-order valence-corrected chi connectivity index (χ3v) is 6.19. The van der Waals surface area contributed by atoms with Crippen molar-refractivity contribution in [2.75, 3.05) is 31.6 Å². The quantitative estimate of drug-likeness (QED) is 0.299. The first kappa shape index (κ1) is 26.0. The van der Waals surface area contributed by atoms with Crippen LogP contribution in [-0.2, 0) is 20.9 Å². The van der Waals surface area contributed by atoms with E-state index in [1.165, 1.54) is 7.05 Å². The number of esters is 1. The van der Waals surface area contributed by atoms with Crippen LogP contribution in [-0.4, -0.2) is 44.8 Å². The maximum Gasteiger partial charge on any atom is 0.407 e. The molecule has 2 N–H and O–H groups in total. The molecule has 35 heavy (non-hydrogen) atoms. The first-order valence-corrected chi connectivity index (χ1v) is 11.9. The minimum atomic E-state index is -0.603. The van der Waals surface area contributed by atoms with Crippen LogP contribution in [0.4, 0.5) is 10.5 Å². The highest BCUT2D eigenvalue weighted by atomic mass is 16.7. The van der Waals surface area contributed by atoms with Crippen molar-refractivity contribution in [3.05, 3.63) is 59.2 Å². The molecule has 2 aromatic carbocycles. The van der Waals surface area contributed by atoms with Crippen molar-refractivity contribution in [2.45, 2.75) is 39.7 Å². The minimum Gasteiger partial charge on any atom is -0.450 e. The van der Waals surface area contributed by atoms with Crippen molar-refractivity contribution in [3.63, 3.8) is 0 Å². The van der Waals surface area contributed by atoms with Crippen LogP contribution in [0.3, 0.4) is 0 Å². The molecular formula is C26H33N3O6. The van der Waals surface area contributed by atoms with Gasteiger partial charge in [0.1, 0.15) is 5.75 Å². The number of nitrogens with one attached hydrogen (secondary N) is 2. The molecule has 2 aromatic rings. The van der Waals surface area contributed by atoms with Crippen LogP contribution >= 0.6 is 0 Å². The van der Waals surface area contributed by atoms with Crippen molar-refractivity contribution < 1.29 is 28.7 Å². The number of anilines is 1. The number of hydrogen-bond donors (Lipinski definition) is 2. The Morgan fingerprint density at radius 2 is 1.89 bits per heavy atom. The summed E-state index contributed by atoms with van der Waals surface area (Å²) in [5.41, 5.74) is 5.42. The van der Waals surface area contributed by atoms with E-state index >= 15 is 0 Å². The van der Waals surface area contributed by atoms with Crippen LogP contribution in [0.5, 0.6) is 5.75 Å². The summed E-state index contributed by atoms with van der Waals surface area (Å²) < 4.78 is 10.9. The average Bonchev–Trinajstić information content (AvgIpc) is 2.85. The van der Waals surface area contributed by atoms with E-state index in [1.807, 2.05) is 19.1 Å². The Morgan fingerprint density at radius 1 is 1.11 bits per heavy atom. The third kappa shape index (κ3) is 6.51. The monoisotopic (exact) mass is 483 g/mol. The van der Waals surface area contributed by atoms with Crippen molar-refractivity contribution in [2.24, 2.45) is 5.92 Å². The van der Waals surface area contributed by atoms with Crippen molar-refractivity contribution >= 4 is 23.7 Å². The molecule has 2 unspecified atom stereocenters. The smallest absolute Gasteiger partial charge is 0.407 e. The molecule has 2 atom stereocenters. The van der Waals surface area contributed by atoms with Gasteiger partial charge in [0.05, 0.1) is 18.1 Å². The minimum absolute atomic E-state index is 0.0521. The highest BCUT2D eigenvalue weighted by Crippen LogP contribution is 2.40. The molecule has 0 saturated heterocycles. The van der Waals surface area contributed by atoms with Gasteiger partial charge in [0.2, 0.25) is 0 Å². The number of hydrogen-bond acceptors (Lipinski definition) is 8. The standard InChI is InChI=1S/C26H33N3O6/c1-5-29(6-2)20-10-11-21-17(3)22(25(31)34-23(21)15-20)12-13-33-26(32)28-16-18-8-7-9-19(14-18)24(30)35-27-4/h7-11,14-15,17,22,27H,5-6,12-13,16H2,1-4H3,(H,28,32). The number of amides is 1. The van der Waals surface area contributed by atoms with Crippen LogP contribution in [0, 0.1) is 5.92 Å². The van der Waals surface area contributed by atoms with E-state index in [2.05, 4.69) is 35.6 Å². The van der Waals surface area contributed by atoms with Crippen LogP contribution in [0.1, 0.15) is 54.6 Å². The topological polar surface area (TPSA) is 106 Å². The second-order valence-electron chi connectivity index (χ2n) is 8.28. The fraction of sp³-hybridized carbons (Fsp3) is 0.423. The van der Waals surface area contributed by atoms with Gasteiger partial charge in [0.15, 0.2) is 0 Å². The van der Waals surface area contributed by atoms with E-state index in [1.54, 1.807) is 24.3 Å². The molecule has 0 saturated carbocycles. The van der Waals surface area contributed by atoms with Crippen LogP contribution in [0.2, 0.25) is 0 Å². The Balaban J connectivity index is 1.51. The van der Waals surface area contributed by atoms with Gasteiger partial charge in [0, 0.05) is 38.4 Å². The van der Waals surface area contributed by atoms with Crippen molar-refractivity contribution in [3.8, 4) is 5.75 Å². The summed E-state index contributed by atoms with van der Waals surface area (Å²) >= 11 is 0. The molecule has 3 rings (SSSR count). The number of benzene rings is 2. The molecule has 1 aliphatic rings. The second kappa shape index (κ2) is 12.2. The molecule has 1 amide bonds. The number of alkyl carbamates (subject to hydrolysis) is 1. The zero-order valence-corrected chi connectivity index (χ0v) is 20.6. The first-order chi connectivity index (χ1) is 16.9. The Kier molecular flexibility index (Phi) is 9.08. The van der Waals surface area contributed by atoms with E-state index in [0.29, 0.717) is 17.7 Å². The van der Waals surface area contributed by atoms with Gasteiger partial charge in [-0.2, -0.15) is 5.48 Å².